The van der Waals surface area contributed by atoms with E-state index < -0.39 is 0 Å². The van der Waals surface area contributed by atoms with Gasteiger partial charge in [-0.2, -0.15) is 0 Å². The monoisotopic (exact) mass is 274 g/mol. The van der Waals surface area contributed by atoms with E-state index in [1.54, 1.807) is 0 Å². The molecule has 0 bridgehead atoms. The molecule has 0 spiro atoms. The molecule has 2 heterocycles. The quantitative estimate of drug-likeness (QED) is 0.697. The SMILES string of the molecule is Cc1ccc(C2Nc3ccccc3Cn3cccc32)cc1. The molecule has 3 aromatic rings. The highest BCUT2D eigenvalue weighted by atomic mass is 15.1. The second-order valence-corrected chi connectivity index (χ2v) is 5.71. The summed E-state index contributed by atoms with van der Waals surface area (Å²) in [7, 11) is 0. The predicted octanol–water partition coefficient (Wildman–Crippen LogP) is 4.36. The predicted molar refractivity (Wildman–Crippen MR) is 86.6 cm³/mol. The number of anilines is 1. The van der Waals surface area contributed by atoms with Crippen LogP contribution in [-0.4, -0.2) is 4.57 Å². The van der Waals surface area contributed by atoms with Gasteiger partial charge in [0, 0.05) is 24.1 Å². The molecule has 0 fully saturated rings. The fourth-order valence-corrected chi connectivity index (χ4v) is 3.06. The molecule has 1 atom stereocenters. The van der Waals surface area contributed by atoms with Crippen LogP contribution in [0.3, 0.4) is 0 Å². The van der Waals surface area contributed by atoms with E-state index in [0.29, 0.717) is 0 Å². The van der Waals surface area contributed by atoms with Crippen LogP contribution in [-0.2, 0) is 6.54 Å². The maximum absolute atomic E-state index is 3.72. The molecule has 1 aliphatic rings. The number of hydrogen-bond acceptors (Lipinski definition) is 1. The van der Waals surface area contributed by atoms with Gasteiger partial charge in [0.25, 0.3) is 0 Å². The maximum atomic E-state index is 3.72. The minimum absolute atomic E-state index is 0.198. The fourth-order valence-electron chi connectivity index (χ4n) is 3.06. The van der Waals surface area contributed by atoms with E-state index in [1.807, 2.05) is 0 Å². The maximum Gasteiger partial charge on any atom is 0.0919 e. The summed E-state index contributed by atoms with van der Waals surface area (Å²) in [5.41, 5.74) is 6.48. The summed E-state index contributed by atoms with van der Waals surface area (Å²) in [6, 6.07) is 21.9. The van der Waals surface area contributed by atoms with Crippen molar-refractivity contribution in [3.63, 3.8) is 0 Å². The number of nitrogens with zero attached hydrogens (tertiary/aromatic N) is 1. The Balaban J connectivity index is 1.85. The summed E-state index contributed by atoms with van der Waals surface area (Å²) in [5, 5.41) is 3.72. The fraction of sp³-hybridized carbons (Fsp3) is 0.158. The van der Waals surface area contributed by atoms with Gasteiger partial charge in [-0.05, 0) is 36.2 Å². The zero-order valence-electron chi connectivity index (χ0n) is 12.1. The summed E-state index contributed by atoms with van der Waals surface area (Å²) >= 11 is 0. The number of rotatable bonds is 1. The standard InChI is InChI=1S/C19H18N2/c1-14-8-10-15(11-9-14)19-18-7-4-12-21(18)13-16-5-2-3-6-17(16)20-19/h2-12,19-20H,13H2,1H3. The molecule has 2 aromatic carbocycles. The molecule has 1 unspecified atom stereocenters. The third kappa shape index (κ3) is 2.13. The van der Waals surface area contributed by atoms with Crippen LogP contribution in [0.2, 0.25) is 0 Å². The van der Waals surface area contributed by atoms with E-state index in [4.69, 9.17) is 0 Å². The van der Waals surface area contributed by atoms with Gasteiger partial charge in [0.15, 0.2) is 0 Å². The van der Waals surface area contributed by atoms with Gasteiger partial charge in [-0.15, -0.1) is 0 Å². The third-order valence-corrected chi connectivity index (χ3v) is 4.23. The Labute approximate surface area is 125 Å². The Kier molecular flexibility index (Phi) is 2.81. The van der Waals surface area contributed by atoms with Crippen LogP contribution in [0.1, 0.15) is 28.4 Å². The lowest BCUT2D eigenvalue weighted by molar-refractivity contribution is 0.740. The summed E-state index contributed by atoms with van der Waals surface area (Å²) in [5.74, 6) is 0. The van der Waals surface area contributed by atoms with Crippen molar-refractivity contribution in [3.05, 3.63) is 89.2 Å². The molecule has 1 N–H and O–H groups in total. The van der Waals surface area contributed by atoms with E-state index in [0.717, 1.165) is 6.54 Å². The molecule has 0 radical (unpaired) electrons. The van der Waals surface area contributed by atoms with Gasteiger partial charge >= 0.3 is 0 Å². The van der Waals surface area contributed by atoms with Crippen LogP contribution >= 0.6 is 0 Å². The van der Waals surface area contributed by atoms with Gasteiger partial charge in [-0.1, -0.05) is 48.0 Å². The Morgan fingerprint density at radius 3 is 2.62 bits per heavy atom. The van der Waals surface area contributed by atoms with Crippen molar-refractivity contribution >= 4 is 5.69 Å². The van der Waals surface area contributed by atoms with Crippen LogP contribution < -0.4 is 5.32 Å². The number of aryl methyl sites for hydroxylation is 1. The molecule has 1 aliphatic heterocycles. The molecule has 2 nitrogen and oxygen atoms in total. The topological polar surface area (TPSA) is 17.0 Å². The Bertz CT molecular complexity index is 768. The lowest BCUT2D eigenvalue weighted by Crippen LogP contribution is -2.13. The average molecular weight is 274 g/mol. The number of benzene rings is 2. The Hall–Kier alpha value is -2.48. The first-order valence-electron chi connectivity index (χ1n) is 7.37. The summed E-state index contributed by atoms with van der Waals surface area (Å²) in [4.78, 5) is 0. The highest BCUT2D eigenvalue weighted by Crippen LogP contribution is 2.32. The summed E-state index contributed by atoms with van der Waals surface area (Å²) < 4.78 is 2.34. The van der Waals surface area contributed by atoms with Crippen molar-refractivity contribution in [2.24, 2.45) is 0 Å². The van der Waals surface area contributed by atoms with Crippen molar-refractivity contribution in [1.29, 1.82) is 0 Å². The lowest BCUT2D eigenvalue weighted by atomic mass is 10.0. The van der Waals surface area contributed by atoms with Crippen LogP contribution in [0.4, 0.5) is 5.69 Å². The van der Waals surface area contributed by atoms with Gasteiger partial charge in [-0.3, -0.25) is 0 Å². The minimum Gasteiger partial charge on any atom is -0.373 e. The third-order valence-electron chi connectivity index (χ3n) is 4.23. The normalized spacial score (nSPS) is 16.5. The van der Waals surface area contributed by atoms with E-state index in [2.05, 4.69) is 83.7 Å². The second-order valence-electron chi connectivity index (χ2n) is 5.71. The molecule has 0 amide bonds. The highest BCUT2D eigenvalue weighted by Gasteiger charge is 2.22. The van der Waals surface area contributed by atoms with Crippen molar-refractivity contribution in [3.8, 4) is 0 Å². The highest BCUT2D eigenvalue weighted by molar-refractivity contribution is 5.56. The van der Waals surface area contributed by atoms with Gasteiger partial charge in [0.05, 0.1) is 6.04 Å². The summed E-state index contributed by atoms with van der Waals surface area (Å²) in [6.45, 7) is 3.05. The number of para-hydroxylation sites is 1. The molecule has 2 heteroatoms. The largest absolute Gasteiger partial charge is 0.373 e. The average Bonchev–Trinajstić information content (AvgIpc) is 2.89. The first-order chi connectivity index (χ1) is 10.3. The number of hydrogen-bond donors (Lipinski definition) is 1. The minimum atomic E-state index is 0.198. The molecule has 104 valence electrons. The van der Waals surface area contributed by atoms with E-state index in [1.165, 1.54) is 28.1 Å². The molecule has 0 aliphatic carbocycles. The van der Waals surface area contributed by atoms with E-state index in [-0.39, 0.29) is 6.04 Å². The van der Waals surface area contributed by atoms with Crippen LogP contribution in [0, 0.1) is 6.92 Å². The number of nitrogens with one attached hydrogen (secondary N) is 1. The van der Waals surface area contributed by atoms with Gasteiger partial charge in [-0.25, -0.2) is 0 Å². The summed E-state index contributed by atoms with van der Waals surface area (Å²) in [6.07, 6.45) is 2.17. The Morgan fingerprint density at radius 2 is 1.76 bits per heavy atom. The van der Waals surface area contributed by atoms with E-state index >= 15 is 0 Å². The van der Waals surface area contributed by atoms with Gasteiger partial charge in [0.2, 0.25) is 0 Å². The smallest absolute Gasteiger partial charge is 0.0919 e. The number of aromatic nitrogens is 1. The van der Waals surface area contributed by atoms with Crippen LogP contribution in [0.15, 0.2) is 66.9 Å². The van der Waals surface area contributed by atoms with Crippen molar-refractivity contribution < 1.29 is 0 Å². The molecule has 0 saturated carbocycles. The van der Waals surface area contributed by atoms with Crippen molar-refractivity contribution in [2.75, 3.05) is 5.32 Å². The van der Waals surface area contributed by atoms with Gasteiger partial charge in [0.1, 0.15) is 0 Å². The van der Waals surface area contributed by atoms with Crippen molar-refractivity contribution in [1.82, 2.24) is 4.57 Å². The van der Waals surface area contributed by atoms with Crippen LogP contribution in [0.5, 0.6) is 0 Å². The molecular formula is C19H18N2. The van der Waals surface area contributed by atoms with E-state index in [9.17, 15) is 0 Å². The first kappa shape index (κ1) is 12.3. The second kappa shape index (κ2) is 4.81. The number of fused-ring (bicyclic) bond motifs is 2. The van der Waals surface area contributed by atoms with Gasteiger partial charge < -0.3 is 9.88 Å². The zero-order chi connectivity index (χ0) is 14.2. The Morgan fingerprint density at radius 1 is 0.952 bits per heavy atom. The van der Waals surface area contributed by atoms with Crippen molar-refractivity contribution in [2.45, 2.75) is 19.5 Å². The molecule has 1 aromatic heterocycles. The lowest BCUT2D eigenvalue weighted by Gasteiger charge is -2.19. The molecule has 21 heavy (non-hydrogen) atoms. The van der Waals surface area contributed by atoms with Crippen LogP contribution in [0.25, 0.3) is 0 Å². The molecule has 0 saturated heterocycles. The molecule has 4 rings (SSSR count). The zero-order valence-corrected chi connectivity index (χ0v) is 12.1. The molecular weight excluding hydrogens is 256 g/mol. The first-order valence-corrected chi connectivity index (χ1v) is 7.37.